The number of halogens is 2. The Balaban J connectivity index is 1.72. The molecule has 0 radical (unpaired) electrons. The van der Waals surface area contributed by atoms with E-state index in [-0.39, 0.29) is 23.8 Å². The molecule has 1 aromatic rings. The molecule has 144 valence electrons. The number of piperidine rings is 1. The number of carbonyl (C=O) groups excluding carboxylic acids is 2. The number of rotatable bonds is 7. The highest BCUT2D eigenvalue weighted by atomic mass is 35.5. The van der Waals surface area contributed by atoms with Crippen LogP contribution in [-0.2, 0) is 9.59 Å². The van der Waals surface area contributed by atoms with Crippen molar-refractivity contribution >= 4 is 35.0 Å². The number of benzene rings is 1. The van der Waals surface area contributed by atoms with E-state index in [2.05, 4.69) is 5.32 Å². The van der Waals surface area contributed by atoms with Crippen LogP contribution < -0.4 is 10.1 Å². The van der Waals surface area contributed by atoms with Crippen molar-refractivity contribution in [2.45, 2.75) is 45.6 Å². The first-order chi connectivity index (χ1) is 12.4. The van der Waals surface area contributed by atoms with Crippen LogP contribution in [0.2, 0.25) is 10.0 Å². The van der Waals surface area contributed by atoms with Gasteiger partial charge in [-0.3, -0.25) is 9.59 Å². The summed E-state index contributed by atoms with van der Waals surface area (Å²) in [5, 5.41) is 4.04. The topological polar surface area (TPSA) is 58.6 Å². The van der Waals surface area contributed by atoms with Crippen molar-refractivity contribution in [3.63, 3.8) is 0 Å². The molecule has 0 bridgehead atoms. The third-order valence-corrected chi connectivity index (χ3v) is 4.86. The van der Waals surface area contributed by atoms with Gasteiger partial charge >= 0.3 is 0 Å². The van der Waals surface area contributed by atoms with Crippen LogP contribution in [0, 0.1) is 5.92 Å². The molecule has 1 aromatic carbocycles. The van der Waals surface area contributed by atoms with Gasteiger partial charge in [0.1, 0.15) is 5.75 Å². The highest BCUT2D eigenvalue weighted by molar-refractivity contribution is 6.35. The Labute approximate surface area is 165 Å². The Bertz CT molecular complexity index is 637. The van der Waals surface area contributed by atoms with Crippen LogP contribution in [0.25, 0.3) is 0 Å². The van der Waals surface area contributed by atoms with Gasteiger partial charge in [-0.2, -0.15) is 0 Å². The normalized spacial score (nSPS) is 17.3. The van der Waals surface area contributed by atoms with Gasteiger partial charge in [-0.05, 0) is 37.5 Å². The quantitative estimate of drug-likeness (QED) is 0.705. The summed E-state index contributed by atoms with van der Waals surface area (Å²) in [6.07, 6.45) is 2.85. The summed E-state index contributed by atoms with van der Waals surface area (Å²) in [7, 11) is 0. The van der Waals surface area contributed by atoms with Crippen LogP contribution in [0.3, 0.4) is 0 Å². The van der Waals surface area contributed by atoms with Gasteiger partial charge < -0.3 is 15.0 Å². The van der Waals surface area contributed by atoms with E-state index in [9.17, 15) is 9.59 Å². The minimum absolute atomic E-state index is 0.0394. The molecule has 1 fully saturated rings. The predicted molar refractivity (Wildman–Crippen MR) is 104 cm³/mol. The molecular formula is C19H26Cl2N2O3. The standard InChI is InChI=1S/C19H26Cl2N2O3/c1-13(2)19(25)22-15-5-3-9-23(12-15)18(24)6-4-10-26-17-8-7-14(20)11-16(17)21/h7-8,11,13,15H,3-6,9-10,12H2,1-2H3,(H,22,25). The second-order valence-corrected chi connectivity index (χ2v) is 7.71. The summed E-state index contributed by atoms with van der Waals surface area (Å²) in [6.45, 7) is 5.48. The van der Waals surface area contributed by atoms with Gasteiger partial charge in [0.05, 0.1) is 11.6 Å². The molecule has 1 saturated heterocycles. The van der Waals surface area contributed by atoms with Crippen molar-refractivity contribution in [1.82, 2.24) is 10.2 Å². The lowest BCUT2D eigenvalue weighted by Crippen LogP contribution is -2.50. The molecule has 0 saturated carbocycles. The van der Waals surface area contributed by atoms with E-state index in [4.69, 9.17) is 27.9 Å². The molecule has 1 unspecified atom stereocenters. The largest absolute Gasteiger partial charge is 0.492 e. The van der Waals surface area contributed by atoms with Crippen molar-refractivity contribution in [2.24, 2.45) is 5.92 Å². The number of hydrogen-bond donors (Lipinski definition) is 1. The number of carbonyl (C=O) groups is 2. The van der Waals surface area contributed by atoms with E-state index in [1.807, 2.05) is 18.7 Å². The fraction of sp³-hybridized carbons (Fsp3) is 0.579. The fourth-order valence-electron chi connectivity index (χ4n) is 2.85. The highest BCUT2D eigenvalue weighted by Crippen LogP contribution is 2.27. The van der Waals surface area contributed by atoms with Crippen molar-refractivity contribution in [1.29, 1.82) is 0 Å². The van der Waals surface area contributed by atoms with E-state index in [0.717, 1.165) is 19.4 Å². The summed E-state index contributed by atoms with van der Waals surface area (Å²) in [5.41, 5.74) is 0. The predicted octanol–water partition coefficient (Wildman–Crippen LogP) is 3.92. The lowest BCUT2D eigenvalue weighted by molar-refractivity contribution is -0.134. The van der Waals surface area contributed by atoms with E-state index in [1.165, 1.54) is 0 Å². The number of nitrogens with one attached hydrogen (secondary N) is 1. The summed E-state index contributed by atoms with van der Waals surface area (Å²) < 4.78 is 5.61. The number of nitrogens with zero attached hydrogens (tertiary/aromatic N) is 1. The zero-order valence-corrected chi connectivity index (χ0v) is 16.8. The van der Waals surface area contributed by atoms with Gasteiger partial charge in [0.15, 0.2) is 0 Å². The molecular weight excluding hydrogens is 375 g/mol. The Hall–Kier alpha value is -1.46. The van der Waals surface area contributed by atoms with Gasteiger partial charge in [0.25, 0.3) is 0 Å². The Morgan fingerprint density at radius 3 is 2.81 bits per heavy atom. The average Bonchev–Trinajstić information content (AvgIpc) is 2.60. The molecule has 2 amide bonds. The minimum Gasteiger partial charge on any atom is -0.492 e. The number of hydrogen-bond acceptors (Lipinski definition) is 3. The minimum atomic E-state index is -0.0436. The first-order valence-electron chi connectivity index (χ1n) is 9.03. The van der Waals surface area contributed by atoms with Crippen LogP contribution in [0.4, 0.5) is 0 Å². The van der Waals surface area contributed by atoms with Gasteiger partial charge in [-0.15, -0.1) is 0 Å². The van der Waals surface area contributed by atoms with Crippen molar-refractivity contribution in [2.75, 3.05) is 19.7 Å². The molecule has 1 aliphatic rings. The molecule has 26 heavy (non-hydrogen) atoms. The first kappa shape index (κ1) is 20.8. The summed E-state index contributed by atoms with van der Waals surface area (Å²) in [4.78, 5) is 26.1. The van der Waals surface area contributed by atoms with Gasteiger partial charge in [-0.1, -0.05) is 37.0 Å². The molecule has 1 heterocycles. The average molecular weight is 401 g/mol. The maximum absolute atomic E-state index is 12.4. The molecule has 2 rings (SSSR count). The number of amides is 2. The lowest BCUT2D eigenvalue weighted by Gasteiger charge is -2.33. The molecule has 0 spiro atoms. The van der Waals surface area contributed by atoms with E-state index in [0.29, 0.717) is 41.8 Å². The summed E-state index contributed by atoms with van der Waals surface area (Å²) in [6, 6.07) is 5.11. The van der Waals surface area contributed by atoms with Crippen molar-refractivity contribution in [3.8, 4) is 5.75 Å². The van der Waals surface area contributed by atoms with Crippen LogP contribution in [0.15, 0.2) is 18.2 Å². The molecule has 0 aromatic heterocycles. The van der Waals surface area contributed by atoms with Gasteiger partial charge in [-0.25, -0.2) is 0 Å². The number of ether oxygens (including phenoxy) is 1. The Morgan fingerprint density at radius 1 is 1.35 bits per heavy atom. The Morgan fingerprint density at radius 2 is 2.12 bits per heavy atom. The maximum atomic E-state index is 12.4. The molecule has 1 N–H and O–H groups in total. The lowest BCUT2D eigenvalue weighted by atomic mass is 10.0. The number of likely N-dealkylation sites (tertiary alicyclic amines) is 1. The van der Waals surface area contributed by atoms with Crippen molar-refractivity contribution in [3.05, 3.63) is 28.2 Å². The van der Waals surface area contributed by atoms with Crippen LogP contribution in [-0.4, -0.2) is 42.5 Å². The second kappa shape index (κ2) is 10.0. The van der Waals surface area contributed by atoms with E-state index >= 15 is 0 Å². The summed E-state index contributed by atoms with van der Waals surface area (Å²) in [5.74, 6) is 0.660. The van der Waals surface area contributed by atoms with Gasteiger partial charge in [0.2, 0.25) is 11.8 Å². The van der Waals surface area contributed by atoms with E-state index in [1.54, 1.807) is 18.2 Å². The SMILES string of the molecule is CC(C)C(=O)NC1CCCN(C(=O)CCCOc2ccc(Cl)cc2Cl)C1. The van der Waals surface area contributed by atoms with E-state index < -0.39 is 0 Å². The smallest absolute Gasteiger partial charge is 0.222 e. The third kappa shape index (κ3) is 6.36. The van der Waals surface area contributed by atoms with Crippen LogP contribution >= 0.6 is 23.2 Å². The molecule has 5 nitrogen and oxygen atoms in total. The zero-order chi connectivity index (χ0) is 19.1. The van der Waals surface area contributed by atoms with Crippen molar-refractivity contribution < 1.29 is 14.3 Å². The first-order valence-corrected chi connectivity index (χ1v) is 9.78. The van der Waals surface area contributed by atoms with Crippen LogP contribution in [0.1, 0.15) is 39.5 Å². The zero-order valence-electron chi connectivity index (χ0n) is 15.3. The molecule has 0 aliphatic carbocycles. The fourth-order valence-corrected chi connectivity index (χ4v) is 3.31. The molecule has 7 heteroatoms. The molecule has 1 aliphatic heterocycles. The monoisotopic (exact) mass is 400 g/mol. The summed E-state index contributed by atoms with van der Waals surface area (Å²) >= 11 is 11.9. The van der Waals surface area contributed by atoms with Gasteiger partial charge in [0, 0.05) is 36.5 Å². The third-order valence-electron chi connectivity index (χ3n) is 4.33. The highest BCUT2D eigenvalue weighted by Gasteiger charge is 2.25. The maximum Gasteiger partial charge on any atom is 0.222 e. The Kier molecular flexibility index (Phi) is 8.04. The second-order valence-electron chi connectivity index (χ2n) is 6.87. The van der Waals surface area contributed by atoms with Crippen LogP contribution in [0.5, 0.6) is 5.75 Å². The molecule has 1 atom stereocenters.